The molecule has 3 rings (SSSR count). The molecule has 3 aromatic rings. The van der Waals surface area contributed by atoms with Crippen LogP contribution in [0.5, 0.6) is 0 Å². The Labute approximate surface area is 184 Å². The second-order valence-electron chi connectivity index (χ2n) is 7.49. The van der Waals surface area contributed by atoms with Gasteiger partial charge in [-0.2, -0.15) is 0 Å². The summed E-state index contributed by atoms with van der Waals surface area (Å²) in [5.74, 6) is 0.146. The van der Waals surface area contributed by atoms with E-state index in [-0.39, 0.29) is 12.5 Å². The number of nitrogens with one attached hydrogen (secondary N) is 1. The lowest BCUT2D eigenvalue weighted by atomic mass is 10.0. The van der Waals surface area contributed by atoms with Crippen LogP contribution in [0.15, 0.2) is 60.9 Å². The Kier molecular flexibility index (Phi) is 7.04. The number of carbonyl (C=O) groups excluding carboxylic acids is 1. The SMILES string of the molecule is CC(=O)Nc1cncc(-c2ccc(CN)c(N(c3ccc(C(C)C)cc3)[SH](=O)=O)c2)c1. The summed E-state index contributed by atoms with van der Waals surface area (Å²) in [6, 6.07) is 14.7. The summed E-state index contributed by atoms with van der Waals surface area (Å²) in [5.41, 5.74) is 10.8. The molecular weight excluding hydrogens is 412 g/mol. The normalized spacial score (nSPS) is 11.0. The van der Waals surface area contributed by atoms with Gasteiger partial charge in [-0.15, -0.1) is 0 Å². The summed E-state index contributed by atoms with van der Waals surface area (Å²) in [7, 11) is -2.96. The number of pyridine rings is 1. The molecule has 162 valence electrons. The number of carbonyl (C=O) groups is 1. The number of rotatable bonds is 7. The first kappa shape index (κ1) is 22.5. The molecule has 0 atom stereocenters. The highest BCUT2D eigenvalue weighted by Gasteiger charge is 2.17. The smallest absolute Gasteiger partial charge is 0.229 e. The van der Waals surface area contributed by atoms with Gasteiger partial charge in [0.2, 0.25) is 16.8 Å². The Morgan fingerprint density at radius 3 is 2.35 bits per heavy atom. The lowest BCUT2D eigenvalue weighted by Crippen LogP contribution is -2.17. The number of hydrogen-bond acceptors (Lipinski definition) is 5. The van der Waals surface area contributed by atoms with Gasteiger partial charge in [0.05, 0.1) is 23.3 Å². The molecule has 1 heterocycles. The van der Waals surface area contributed by atoms with Crippen molar-refractivity contribution in [3.05, 3.63) is 72.1 Å². The van der Waals surface area contributed by atoms with Gasteiger partial charge in [-0.1, -0.05) is 38.1 Å². The van der Waals surface area contributed by atoms with Crippen molar-refractivity contribution in [3.8, 4) is 11.1 Å². The van der Waals surface area contributed by atoms with Gasteiger partial charge in [-0.25, -0.2) is 12.7 Å². The summed E-state index contributed by atoms with van der Waals surface area (Å²) in [5, 5.41) is 2.70. The zero-order valence-corrected chi connectivity index (χ0v) is 18.6. The van der Waals surface area contributed by atoms with Crippen molar-refractivity contribution in [3.63, 3.8) is 0 Å². The standard InChI is InChI=1S/C23H26N4O3S/c1-15(2)17-6-8-22(9-7-17)27(31(29)30)23-11-18(4-5-19(23)12-24)20-10-21(14-25-13-20)26-16(3)28/h4-11,13-15,31H,12,24H2,1-3H3,(H,26,28). The quantitative estimate of drug-likeness (QED) is 0.484. The fourth-order valence-corrected chi connectivity index (χ4v) is 3.99. The molecule has 0 spiro atoms. The molecule has 0 bridgehead atoms. The van der Waals surface area contributed by atoms with Gasteiger partial charge in [0, 0.05) is 25.2 Å². The zero-order chi connectivity index (χ0) is 22.5. The fraction of sp³-hybridized carbons (Fsp3) is 0.217. The molecule has 31 heavy (non-hydrogen) atoms. The molecule has 7 nitrogen and oxygen atoms in total. The monoisotopic (exact) mass is 438 g/mol. The number of thiol groups is 1. The fourth-order valence-electron chi connectivity index (χ4n) is 3.30. The maximum Gasteiger partial charge on any atom is 0.229 e. The number of benzene rings is 2. The Morgan fingerprint density at radius 2 is 1.77 bits per heavy atom. The molecule has 0 aliphatic rings. The molecule has 0 unspecified atom stereocenters. The first-order chi connectivity index (χ1) is 14.8. The van der Waals surface area contributed by atoms with E-state index in [1.807, 2.05) is 24.3 Å². The van der Waals surface area contributed by atoms with Crippen LogP contribution in [0.3, 0.4) is 0 Å². The molecule has 0 saturated carbocycles. The minimum absolute atomic E-state index is 0.184. The molecule has 0 saturated heterocycles. The topological polar surface area (TPSA) is 105 Å². The van der Waals surface area contributed by atoms with Gasteiger partial charge < -0.3 is 11.1 Å². The van der Waals surface area contributed by atoms with Gasteiger partial charge >= 0.3 is 0 Å². The first-order valence-corrected chi connectivity index (χ1v) is 11.0. The summed E-state index contributed by atoms with van der Waals surface area (Å²) >= 11 is 0. The van der Waals surface area contributed by atoms with Crippen LogP contribution in [0.1, 0.15) is 37.8 Å². The number of anilines is 3. The molecule has 0 aliphatic carbocycles. The number of hydrogen-bond donors (Lipinski definition) is 3. The maximum atomic E-state index is 12.3. The highest BCUT2D eigenvalue weighted by Crippen LogP contribution is 2.34. The van der Waals surface area contributed by atoms with E-state index in [9.17, 15) is 13.2 Å². The average Bonchev–Trinajstić information content (AvgIpc) is 2.73. The van der Waals surface area contributed by atoms with E-state index in [1.54, 1.807) is 36.7 Å². The number of nitrogens with two attached hydrogens (primary N) is 1. The van der Waals surface area contributed by atoms with Crippen LogP contribution in [0, 0.1) is 0 Å². The third kappa shape index (κ3) is 5.28. The van der Waals surface area contributed by atoms with Crippen LogP contribution in [-0.4, -0.2) is 19.3 Å². The Bertz CT molecular complexity index is 1150. The van der Waals surface area contributed by atoms with E-state index >= 15 is 0 Å². The van der Waals surface area contributed by atoms with Crippen LogP contribution < -0.4 is 15.4 Å². The number of aromatic nitrogens is 1. The number of nitrogens with zero attached hydrogens (tertiary/aromatic N) is 2. The van der Waals surface area contributed by atoms with E-state index in [1.165, 1.54) is 11.2 Å². The molecule has 3 N–H and O–H groups in total. The molecule has 8 heteroatoms. The summed E-state index contributed by atoms with van der Waals surface area (Å²) in [6.45, 7) is 5.78. The molecule has 0 fully saturated rings. The summed E-state index contributed by atoms with van der Waals surface area (Å²) < 4.78 is 25.8. The molecule has 0 radical (unpaired) electrons. The summed E-state index contributed by atoms with van der Waals surface area (Å²) in [4.78, 5) is 15.5. The Hall–Kier alpha value is -3.23. The van der Waals surface area contributed by atoms with E-state index in [0.29, 0.717) is 28.5 Å². The number of amides is 1. The van der Waals surface area contributed by atoms with Gasteiger partial charge in [0.15, 0.2) is 0 Å². The van der Waals surface area contributed by atoms with Crippen LogP contribution in [0.2, 0.25) is 0 Å². The Balaban J connectivity index is 2.09. The van der Waals surface area contributed by atoms with E-state index in [0.717, 1.165) is 16.7 Å². The average molecular weight is 439 g/mol. The van der Waals surface area contributed by atoms with Crippen molar-refractivity contribution in [2.45, 2.75) is 33.2 Å². The third-order valence-corrected chi connectivity index (χ3v) is 5.67. The molecular formula is C23H26N4O3S. The van der Waals surface area contributed by atoms with Crippen LogP contribution >= 0.6 is 0 Å². The third-order valence-electron chi connectivity index (χ3n) is 4.89. The molecule has 2 aromatic carbocycles. The second-order valence-corrected chi connectivity index (χ2v) is 8.36. The van der Waals surface area contributed by atoms with E-state index in [2.05, 4.69) is 24.1 Å². The molecule has 1 aromatic heterocycles. The van der Waals surface area contributed by atoms with Crippen molar-refractivity contribution < 1.29 is 13.2 Å². The van der Waals surface area contributed by atoms with Gasteiger partial charge in [-0.3, -0.25) is 9.78 Å². The van der Waals surface area contributed by atoms with Crippen molar-refractivity contribution in [1.29, 1.82) is 0 Å². The van der Waals surface area contributed by atoms with Gasteiger partial charge in [-0.05, 0) is 46.9 Å². The minimum atomic E-state index is -2.96. The van der Waals surface area contributed by atoms with Crippen molar-refractivity contribution in [1.82, 2.24) is 4.98 Å². The van der Waals surface area contributed by atoms with E-state index < -0.39 is 10.9 Å². The first-order valence-electron chi connectivity index (χ1n) is 9.90. The van der Waals surface area contributed by atoms with Crippen LogP contribution in [-0.2, 0) is 22.2 Å². The Morgan fingerprint density at radius 1 is 1.06 bits per heavy atom. The van der Waals surface area contributed by atoms with Crippen molar-refractivity contribution in [2.75, 3.05) is 9.62 Å². The largest absolute Gasteiger partial charge is 0.326 e. The van der Waals surface area contributed by atoms with Gasteiger partial charge in [0.25, 0.3) is 0 Å². The van der Waals surface area contributed by atoms with Crippen molar-refractivity contribution in [2.24, 2.45) is 5.73 Å². The maximum absolute atomic E-state index is 12.3. The van der Waals surface area contributed by atoms with E-state index in [4.69, 9.17) is 5.73 Å². The molecule has 0 aliphatic heterocycles. The predicted octanol–water partition coefficient (Wildman–Crippen LogP) is 3.95. The zero-order valence-electron chi connectivity index (χ0n) is 17.7. The van der Waals surface area contributed by atoms with Crippen LogP contribution in [0.4, 0.5) is 17.1 Å². The lowest BCUT2D eigenvalue weighted by Gasteiger charge is -2.22. The molecule has 1 amide bonds. The highest BCUT2D eigenvalue weighted by molar-refractivity contribution is 7.74. The minimum Gasteiger partial charge on any atom is -0.326 e. The highest BCUT2D eigenvalue weighted by atomic mass is 32.2. The van der Waals surface area contributed by atoms with Gasteiger partial charge in [0.1, 0.15) is 0 Å². The second kappa shape index (κ2) is 9.72. The van der Waals surface area contributed by atoms with Crippen molar-refractivity contribution >= 4 is 33.9 Å². The van der Waals surface area contributed by atoms with Crippen LogP contribution in [0.25, 0.3) is 11.1 Å². The lowest BCUT2D eigenvalue weighted by molar-refractivity contribution is -0.114. The predicted molar refractivity (Wildman–Crippen MR) is 125 cm³/mol. The summed E-state index contributed by atoms with van der Waals surface area (Å²) in [6.07, 6.45) is 3.21.